The van der Waals surface area contributed by atoms with Gasteiger partial charge in [-0.15, -0.1) is 0 Å². The summed E-state index contributed by atoms with van der Waals surface area (Å²) in [5.74, 6) is 0.743. The number of carbonyl (C=O) groups excluding carboxylic acids is 1. The molecule has 0 saturated carbocycles. The van der Waals surface area contributed by atoms with E-state index in [-0.39, 0.29) is 5.97 Å². The van der Waals surface area contributed by atoms with Gasteiger partial charge in [0, 0.05) is 12.0 Å². The van der Waals surface area contributed by atoms with Gasteiger partial charge in [-0.25, -0.2) is 4.79 Å². The lowest BCUT2D eigenvalue weighted by Gasteiger charge is -2.28. The standard InChI is InChI=1S/C28H42NO3/c1-4-5-6-7-8-10-15-25-18-13-19-27(22-25)31-20-14-21-32-28(30)24-29(2,3)23-26-16-11-9-12-17-26/h9,11-13,16-19,22H,4-8,10,14-15,20-21,23-24H2,1-3H3/q+1. The molecule has 2 aromatic carbocycles. The van der Waals surface area contributed by atoms with Gasteiger partial charge in [0.25, 0.3) is 0 Å². The van der Waals surface area contributed by atoms with Crippen LogP contribution in [0, 0.1) is 0 Å². The van der Waals surface area contributed by atoms with E-state index in [1.54, 1.807) is 0 Å². The molecule has 0 fully saturated rings. The zero-order chi connectivity index (χ0) is 23.1. The molecule has 4 nitrogen and oxygen atoms in total. The van der Waals surface area contributed by atoms with E-state index in [2.05, 4.69) is 51.4 Å². The minimum Gasteiger partial charge on any atom is -0.493 e. The van der Waals surface area contributed by atoms with Crippen LogP contribution in [0.1, 0.15) is 63.0 Å². The molecule has 2 rings (SSSR count). The molecule has 0 saturated heterocycles. The number of esters is 1. The molecule has 32 heavy (non-hydrogen) atoms. The van der Waals surface area contributed by atoms with Gasteiger partial charge in [0.2, 0.25) is 0 Å². The number of likely N-dealkylation sites (N-methyl/N-ethyl adjacent to an activating group) is 1. The third-order valence-corrected chi connectivity index (χ3v) is 5.55. The van der Waals surface area contributed by atoms with E-state index in [4.69, 9.17) is 9.47 Å². The molecular formula is C28H42NO3+. The fraction of sp³-hybridized carbons (Fsp3) is 0.536. The lowest BCUT2D eigenvalue weighted by Crippen LogP contribution is -2.43. The maximum absolute atomic E-state index is 12.2. The topological polar surface area (TPSA) is 35.5 Å². The van der Waals surface area contributed by atoms with Crippen LogP contribution < -0.4 is 4.74 Å². The summed E-state index contributed by atoms with van der Waals surface area (Å²) in [7, 11) is 4.10. The molecule has 0 radical (unpaired) electrons. The summed E-state index contributed by atoms with van der Waals surface area (Å²) in [5.41, 5.74) is 2.56. The number of aryl methyl sites for hydroxylation is 1. The van der Waals surface area contributed by atoms with E-state index in [9.17, 15) is 4.79 Å². The second-order valence-electron chi connectivity index (χ2n) is 9.33. The first-order valence-electron chi connectivity index (χ1n) is 12.2. The molecule has 0 heterocycles. The summed E-state index contributed by atoms with van der Waals surface area (Å²) < 4.78 is 11.9. The molecule has 176 valence electrons. The Morgan fingerprint density at radius 1 is 0.812 bits per heavy atom. The van der Waals surface area contributed by atoms with Gasteiger partial charge in [-0.2, -0.15) is 0 Å². The van der Waals surface area contributed by atoms with E-state index >= 15 is 0 Å². The number of rotatable bonds is 16. The maximum atomic E-state index is 12.2. The van der Waals surface area contributed by atoms with Crippen molar-refractivity contribution in [1.29, 1.82) is 0 Å². The highest BCUT2D eigenvalue weighted by molar-refractivity contribution is 5.70. The molecule has 0 aliphatic carbocycles. The van der Waals surface area contributed by atoms with Crippen LogP contribution in [0.25, 0.3) is 0 Å². The number of quaternary nitrogens is 1. The number of ether oxygens (including phenoxy) is 2. The fourth-order valence-corrected chi connectivity index (χ4v) is 3.86. The van der Waals surface area contributed by atoms with Crippen molar-refractivity contribution in [3.05, 3.63) is 65.7 Å². The summed E-state index contributed by atoms with van der Waals surface area (Å²) in [5, 5.41) is 0. The normalized spacial score (nSPS) is 11.3. The number of benzene rings is 2. The maximum Gasteiger partial charge on any atom is 0.361 e. The number of hydrogen-bond donors (Lipinski definition) is 0. The van der Waals surface area contributed by atoms with Crippen molar-refractivity contribution < 1.29 is 18.8 Å². The summed E-state index contributed by atoms with van der Waals surface area (Å²) in [6, 6.07) is 18.6. The lowest BCUT2D eigenvalue weighted by molar-refractivity contribution is -0.896. The Morgan fingerprint density at radius 2 is 1.53 bits per heavy atom. The zero-order valence-electron chi connectivity index (χ0n) is 20.4. The Bertz CT molecular complexity index is 773. The van der Waals surface area contributed by atoms with Crippen LogP contribution in [-0.4, -0.2) is 44.3 Å². The largest absolute Gasteiger partial charge is 0.493 e. The Balaban J connectivity index is 1.59. The third kappa shape index (κ3) is 11.3. The fourth-order valence-electron chi connectivity index (χ4n) is 3.86. The van der Waals surface area contributed by atoms with Gasteiger partial charge < -0.3 is 14.0 Å². The minimum absolute atomic E-state index is 0.160. The molecule has 0 amide bonds. The van der Waals surface area contributed by atoms with Gasteiger partial charge in [0.1, 0.15) is 12.3 Å². The molecule has 4 heteroatoms. The van der Waals surface area contributed by atoms with Crippen LogP contribution in [0.2, 0.25) is 0 Å². The predicted molar refractivity (Wildman–Crippen MR) is 132 cm³/mol. The number of hydrogen-bond acceptors (Lipinski definition) is 3. The Hall–Kier alpha value is -2.33. The Morgan fingerprint density at radius 3 is 2.31 bits per heavy atom. The summed E-state index contributed by atoms with van der Waals surface area (Å²) in [6.07, 6.45) is 9.68. The van der Waals surface area contributed by atoms with Crippen molar-refractivity contribution in [3.8, 4) is 5.75 Å². The van der Waals surface area contributed by atoms with Crippen LogP contribution in [0.15, 0.2) is 54.6 Å². The molecular weight excluding hydrogens is 398 g/mol. The zero-order valence-corrected chi connectivity index (χ0v) is 20.4. The van der Waals surface area contributed by atoms with Crippen LogP contribution in [0.5, 0.6) is 5.75 Å². The highest BCUT2D eigenvalue weighted by atomic mass is 16.5. The first-order chi connectivity index (χ1) is 15.5. The highest BCUT2D eigenvalue weighted by Gasteiger charge is 2.21. The van der Waals surface area contributed by atoms with Crippen LogP contribution in [-0.2, 0) is 22.5 Å². The molecule has 2 aromatic rings. The molecule has 0 aliphatic rings. The van der Waals surface area contributed by atoms with Gasteiger partial charge >= 0.3 is 5.97 Å². The first kappa shape index (κ1) is 25.9. The van der Waals surface area contributed by atoms with E-state index < -0.39 is 0 Å². The second kappa shape index (κ2) is 14.7. The second-order valence-corrected chi connectivity index (χ2v) is 9.33. The first-order valence-corrected chi connectivity index (χ1v) is 12.2. The van der Waals surface area contributed by atoms with Gasteiger partial charge in [-0.05, 0) is 30.5 Å². The van der Waals surface area contributed by atoms with Crippen molar-refractivity contribution in [3.63, 3.8) is 0 Å². The summed E-state index contributed by atoms with van der Waals surface area (Å²) in [4.78, 5) is 12.2. The molecule has 0 atom stereocenters. The number of nitrogens with zero attached hydrogens (tertiary/aromatic N) is 1. The monoisotopic (exact) mass is 440 g/mol. The van der Waals surface area contributed by atoms with Gasteiger partial charge in [-0.1, -0.05) is 81.5 Å². The molecule has 0 aliphatic heterocycles. The predicted octanol–water partition coefficient (Wildman–Crippen LogP) is 6.18. The molecule has 0 bridgehead atoms. The van der Waals surface area contributed by atoms with E-state index in [0.29, 0.717) is 30.7 Å². The van der Waals surface area contributed by atoms with E-state index in [1.165, 1.54) is 49.7 Å². The van der Waals surface area contributed by atoms with Crippen LogP contribution in [0.4, 0.5) is 0 Å². The van der Waals surface area contributed by atoms with Crippen molar-refractivity contribution in [1.82, 2.24) is 0 Å². The van der Waals surface area contributed by atoms with Crippen molar-refractivity contribution in [2.24, 2.45) is 0 Å². The smallest absolute Gasteiger partial charge is 0.361 e. The Kier molecular flexibility index (Phi) is 11.9. The van der Waals surface area contributed by atoms with Crippen molar-refractivity contribution >= 4 is 5.97 Å². The van der Waals surface area contributed by atoms with Gasteiger partial charge in [0.15, 0.2) is 6.54 Å². The number of unbranched alkanes of at least 4 members (excludes halogenated alkanes) is 5. The summed E-state index contributed by atoms with van der Waals surface area (Å²) in [6.45, 7) is 4.35. The molecule has 0 aromatic heterocycles. The third-order valence-electron chi connectivity index (χ3n) is 5.55. The van der Waals surface area contributed by atoms with Crippen molar-refractivity contribution in [2.45, 2.75) is 64.8 Å². The Labute approximate surface area is 195 Å². The van der Waals surface area contributed by atoms with E-state index in [0.717, 1.165) is 18.7 Å². The molecule has 0 unspecified atom stereocenters. The quantitative estimate of drug-likeness (QED) is 0.178. The molecule has 0 spiro atoms. The lowest BCUT2D eigenvalue weighted by atomic mass is 10.0. The SMILES string of the molecule is CCCCCCCCc1cccc(OCCCOC(=O)C[N+](C)(C)Cc2ccccc2)c1. The van der Waals surface area contributed by atoms with E-state index in [1.807, 2.05) is 24.3 Å². The minimum atomic E-state index is -0.160. The number of carbonyl (C=O) groups is 1. The average molecular weight is 441 g/mol. The highest BCUT2D eigenvalue weighted by Crippen LogP contribution is 2.16. The molecule has 0 N–H and O–H groups in total. The van der Waals surface area contributed by atoms with Gasteiger partial charge in [0.05, 0.1) is 27.3 Å². The van der Waals surface area contributed by atoms with Crippen LogP contribution >= 0.6 is 0 Å². The van der Waals surface area contributed by atoms with Crippen LogP contribution in [0.3, 0.4) is 0 Å². The average Bonchev–Trinajstić information content (AvgIpc) is 2.76. The summed E-state index contributed by atoms with van der Waals surface area (Å²) >= 11 is 0. The van der Waals surface area contributed by atoms with Gasteiger partial charge in [-0.3, -0.25) is 0 Å². The van der Waals surface area contributed by atoms with Crippen molar-refractivity contribution in [2.75, 3.05) is 33.9 Å².